The lowest BCUT2D eigenvalue weighted by atomic mass is 10.3. The van der Waals surface area contributed by atoms with Gasteiger partial charge in [0.1, 0.15) is 6.04 Å². The lowest BCUT2D eigenvalue weighted by Gasteiger charge is -2.31. The third-order valence-corrected chi connectivity index (χ3v) is 5.45. The summed E-state index contributed by atoms with van der Waals surface area (Å²) in [5.41, 5.74) is 0. The first-order chi connectivity index (χ1) is 8.85. The molecule has 0 aromatic carbocycles. The Balaban J connectivity index is 2.46. The van der Waals surface area contributed by atoms with Gasteiger partial charge in [0.25, 0.3) is 10.0 Å². The van der Waals surface area contributed by atoms with Gasteiger partial charge in [-0.1, -0.05) is 5.21 Å². The van der Waals surface area contributed by atoms with Crippen molar-refractivity contribution in [3.8, 4) is 0 Å². The van der Waals surface area contributed by atoms with Crippen molar-refractivity contribution < 1.29 is 23.1 Å². The van der Waals surface area contributed by atoms with Gasteiger partial charge >= 0.3 is 5.97 Å². The first-order valence-electron chi connectivity index (χ1n) is 5.23. The summed E-state index contributed by atoms with van der Waals surface area (Å²) in [6.45, 7) is -0.0692. The van der Waals surface area contributed by atoms with Gasteiger partial charge in [-0.25, -0.2) is 13.1 Å². The van der Waals surface area contributed by atoms with Crippen LogP contribution in [-0.2, 0) is 26.6 Å². The Labute approximate surface area is 117 Å². The minimum absolute atomic E-state index is 0.0308. The maximum absolute atomic E-state index is 12.5. The molecular formula is C8H11BrN4O5S. The number of halogens is 1. The van der Waals surface area contributed by atoms with E-state index in [2.05, 4.69) is 26.2 Å². The van der Waals surface area contributed by atoms with Gasteiger partial charge in [0.2, 0.25) is 5.03 Å². The first-order valence-corrected chi connectivity index (χ1v) is 7.46. The minimum atomic E-state index is -4.01. The molecule has 1 saturated heterocycles. The summed E-state index contributed by atoms with van der Waals surface area (Å²) >= 11 is 3.00. The van der Waals surface area contributed by atoms with Gasteiger partial charge in [0.15, 0.2) is 4.60 Å². The Hall–Kier alpha value is -1.04. The molecule has 1 atom stereocenters. The van der Waals surface area contributed by atoms with Gasteiger partial charge in [0.05, 0.1) is 13.2 Å². The molecule has 0 amide bonds. The largest absolute Gasteiger partial charge is 0.480 e. The summed E-state index contributed by atoms with van der Waals surface area (Å²) in [5, 5.41) is 16.1. The van der Waals surface area contributed by atoms with Crippen LogP contribution in [0.5, 0.6) is 0 Å². The van der Waals surface area contributed by atoms with Crippen LogP contribution >= 0.6 is 15.9 Å². The van der Waals surface area contributed by atoms with E-state index in [1.54, 1.807) is 0 Å². The number of morpholine rings is 1. The molecule has 11 heteroatoms. The highest BCUT2D eigenvalue weighted by atomic mass is 79.9. The highest BCUT2D eigenvalue weighted by molar-refractivity contribution is 9.10. The molecule has 0 saturated carbocycles. The van der Waals surface area contributed by atoms with Crippen LogP contribution in [-0.4, -0.2) is 64.6 Å². The van der Waals surface area contributed by atoms with Gasteiger partial charge < -0.3 is 9.84 Å². The Bertz CT molecular complexity index is 581. The number of carboxylic acids is 1. The molecule has 0 aliphatic carbocycles. The van der Waals surface area contributed by atoms with E-state index in [-0.39, 0.29) is 29.4 Å². The van der Waals surface area contributed by atoms with Crippen LogP contribution in [0.15, 0.2) is 9.63 Å². The van der Waals surface area contributed by atoms with Crippen molar-refractivity contribution in [3.63, 3.8) is 0 Å². The van der Waals surface area contributed by atoms with E-state index >= 15 is 0 Å². The van der Waals surface area contributed by atoms with Crippen LogP contribution in [0, 0.1) is 0 Å². The Morgan fingerprint density at radius 2 is 2.26 bits per heavy atom. The summed E-state index contributed by atoms with van der Waals surface area (Å²) in [5.74, 6) is -1.26. The fourth-order valence-corrected chi connectivity index (χ4v) is 4.37. The lowest BCUT2D eigenvalue weighted by Crippen LogP contribution is -2.52. The molecule has 1 unspecified atom stereocenters. The van der Waals surface area contributed by atoms with Crippen molar-refractivity contribution in [2.45, 2.75) is 11.1 Å². The van der Waals surface area contributed by atoms with E-state index in [0.29, 0.717) is 0 Å². The fraction of sp³-hybridized carbons (Fsp3) is 0.625. The number of carboxylic acid groups (broad SMARTS) is 1. The predicted octanol–water partition coefficient (Wildman–Crippen LogP) is -0.948. The van der Waals surface area contributed by atoms with Crippen molar-refractivity contribution in [2.75, 3.05) is 19.8 Å². The summed E-state index contributed by atoms with van der Waals surface area (Å²) in [6.07, 6.45) is 0. The summed E-state index contributed by atoms with van der Waals surface area (Å²) in [4.78, 5) is 11.1. The SMILES string of the molecule is Cn1nnc(Br)c1S(=O)(=O)N1CCOCC1C(=O)O. The molecule has 1 aliphatic rings. The van der Waals surface area contributed by atoms with Crippen LogP contribution < -0.4 is 0 Å². The summed E-state index contributed by atoms with van der Waals surface area (Å²) in [7, 11) is -2.59. The second-order valence-corrected chi connectivity index (χ2v) is 6.41. The quantitative estimate of drug-likeness (QED) is 0.744. The number of hydrogen-bond acceptors (Lipinski definition) is 6. The summed E-state index contributed by atoms with van der Waals surface area (Å²) in [6, 6.07) is -1.25. The van der Waals surface area contributed by atoms with Crippen molar-refractivity contribution in [1.82, 2.24) is 19.3 Å². The number of hydrogen-bond donors (Lipinski definition) is 1. The highest BCUT2D eigenvalue weighted by Gasteiger charge is 2.41. The molecule has 0 spiro atoms. The van der Waals surface area contributed by atoms with E-state index in [1.165, 1.54) is 7.05 Å². The molecule has 0 bridgehead atoms. The zero-order valence-corrected chi connectivity index (χ0v) is 12.3. The van der Waals surface area contributed by atoms with E-state index in [1.807, 2.05) is 0 Å². The maximum atomic E-state index is 12.5. The van der Waals surface area contributed by atoms with Gasteiger partial charge in [-0.15, -0.1) is 5.10 Å². The Morgan fingerprint density at radius 1 is 1.58 bits per heavy atom. The van der Waals surface area contributed by atoms with Crippen LogP contribution in [0.1, 0.15) is 0 Å². The van der Waals surface area contributed by atoms with Gasteiger partial charge in [-0.3, -0.25) is 4.79 Å². The molecule has 9 nitrogen and oxygen atoms in total. The average molecular weight is 355 g/mol. The molecule has 2 heterocycles. The van der Waals surface area contributed by atoms with Crippen molar-refractivity contribution in [3.05, 3.63) is 4.60 Å². The van der Waals surface area contributed by atoms with Crippen LogP contribution in [0.2, 0.25) is 0 Å². The molecule has 1 aromatic rings. The highest BCUT2D eigenvalue weighted by Crippen LogP contribution is 2.25. The van der Waals surface area contributed by atoms with Crippen LogP contribution in [0.25, 0.3) is 0 Å². The summed E-state index contributed by atoms with van der Waals surface area (Å²) < 4.78 is 32.0. The van der Waals surface area contributed by atoms with Gasteiger partial charge in [0, 0.05) is 13.6 Å². The number of nitrogens with zero attached hydrogens (tertiary/aromatic N) is 4. The van der Waals surface area contributed by atoms with E-state index < -0.39 is 22.0 Å². The molecule has 1 aromatic heterocycles. The monoisotopic (exact) mass is 354 g/mol. The second-order valence-electron chi connectivity index (χ2n) is 3.85. The van der Waals surface area contributed by atoms with Crippen molar-refractivity contribution >= 4 is 31.9 Å². The second kappa shape index (κ2) is 5.15. The van der Waals surface area contributed by atoms with Crippen LogP contribution in [0.3, 0.4) is 0 Å². The average Bonchev–Trinajstić information content (AvgIpc) is 2.69. The minimum Gasteiger partial charge on any atom is -0.480 e. The zero-order valence-electron chi connectivity index (χ0n) is 9.85. The number of aryl methyl sites for hydroxylation is 1. The molecule has 19 heavy (non-hydrogen) atoms. The number of aliphatic carboxylic acids is 1. The third kappa shape index (κ3) is 2.50. The number of ether oxygens (including phenoxy) is 1. The Kier molecular flexibility index (Phi) is 3.90. The smallest absolute Gasteiger partial charge is 0.324 e. The molecule has 1 fully saturated rings. The molecule has 1 N–H and O–H groups in total. The molecule has 0 radical (unpaired) electrons. The van der Waals surface area contributed by atoms with Crippen LogP contribution in [0.4, 0.5) is 0 Å². The number of rotatable bonds is 3. The lowest BCUT2D eigenvalue weighted by molar-refractivity contribution is -0.146. The Morgan fingerprint density at radius 3 is 2.79 bits per heavy atom. The third-order valence-electron chi connectivity index (χ3n) is 2.65. The standard InChI is InChI=1S/C8H11BrN4O5S/c1-12-7(6(9)10-11-12)19(16,17)13-2-3-18-4-5(13)8(14)15/h5H,2-4H2,1H3,(H,14,15). The maximum Gasteiger partial charge on any atom is 0.324 e. The zero-order chi connectivity index (χ0) is 14.2. The number of aromatic nitrogens is 3. The van der Waals surface area contributed by atoms with E-state index in [9.17, 15) is 13.2 Å². The molecular weight excluding hydrogens is 344 g/mol. The number of sulfonamides is 1. The van der Waals surface area contributed by atoms with Gasteiger partial charge in [-0.2, -0.15) is 4.31 Å². The fourth-order valence-electron chi connectivity index (χ4n) is 1.78. The van der Waals surface area contributed by atoms with Gasteiger partial charge in [-0.05, 0) is 15.9 Å². The van der Waals surface area contributed by atoms with E-state index in [4.69, 9.17) is 9.84 Å². The van der Waals surface area contributed by atoms with E-state index in [0.717, 1.165) is 8.99 Å². The first kappa shape index (κ1) is 14.4. The molecule has 2 rings (SSSR count). The molecule has 106 valence electrons. The predicted molar refractivity (Wildman–Crippen MR) is 64.8 cm³/mol. The normalized spacial score (nSPS) is 21.5. The number of carbonyl (C=O) groups is 1. The van der Waals surface area contributed by atoms with Crippen molar-refractivity contribution in [2.24, 2.45) is 7.05 Å². The van der Waals surface area contributed by atoms with Crippen molar-refractivity contribution in [1.29, 1.82) is 0 Å². The topological polar surface area (TPSA) is 115 Å². The molecule has 1 aliphatic heterocycles.